The van der Waals surface area contributed by atoms with E-state index >= 15 is 0 Å². The molecule has 11 nitrogen and oxygen atoms in total. The van der Waals surface area contributed by atoms with Gasteiger partial charge in [-0.3, -0.25) is 18.6 Å². The van der Waals surface area contributed by atoms with Crippen LogP contribution in [0.4, 0.5) is 0 Å². The number of carbonyl (C=O) groups excluding carboxylic acids is 2. The van der Waals surface area contributed by atoms with E-state index in [1.807, 2.05) is 33.3 Å². The molecular formula is C50H93NO10P+. The lowest BCUT2D eigenvalue weighted by atomic mass is 10.0. The van der Waals surface area contributed by atoms with Gasteiger partial charge >= 0.3 is 19.8 Å². The number of ether oxygens (including phenoxy) is 2. The fourth-order valence-corrected chi connectivity index (χ4v) is 7.27. The number of aliphatic hydroxyl groups is 2. The second-order valence-corrected chi connectivity index (χ2v) is 19.3. The van der Waals surface area contributed by atoms with Gasteiger partial charge in [0.2, 0.25) is 0 Å². The maximum absolute atomic E-state index is 12.8. The molecule has 0 rings (SSSR count). The molecule has 12 heteroatoms. The Labute approximate surface area is 379 Å². The fraction of sp³-hybridized carbons (Fsp3) is 0.800. The van der Waals surface area contributed by atoms with Crippen molar-refractivity contribution in [3.63, 3.8) is 0 Å². The first-order valence-electron chi connectivity index (χ1n) is 24.5. The number of quaternary nitrogens is 1. The molecule has 3 unspecified atom stereocenters. The Morgan fingerprint density at radius 1 is 0.565 bits per heavy atom. The Kier molecular flexibility index (Phi) is 40.2. The molecule has 0 aliphatic rings. The number of hydrogen-bond donors (Lipinski definition) is 3. The van der Waals surface area contributed by atoms with Crippen molar-refractivity contribution in [3.8, 4) is 0 Å². The Bertz CT molecular complexity index is 1230. The molecule has 0 bridgehead atoms. The van der Waals surface area contributed by atoms with E-state index in [2.05, 4.69) is 50.3 Å². The highest BCUT2D eigenvalue weighted by molar-refractivity contribution is 7.47. The highest BCUT2D eigenvalue weighted by Gasteiger charge is 2.27. The van der Waals surface area contributed by atoms with E-state index in [-0.39, 0.29) is 38.9 Å². The molecule has 0 heterocycles. The van der Waals surface area contributed by atoms with Gasteiger partial charge in [0.1, 0.15) is 19.8 Å². The molecule has 0 aromatic rings. The van der Waals surface area contributed by atoms with Crippen LogP contribution >= 0.6 is 7.82 Å². The molecule has 0 aliphatic carbocycles. The minimum absolute atomic E-state index is 0.0146. The number of unbranched alkanes of at least 4 members (excludes halogenated alkanes) is 18. The van der Waals surface area contributed by atoms with E-state index in [1.165, 1.54) is 103 Å². The number of hydrogen-bond acceptors (Lipinski definition) is 9. The lowest BCUT2D eigenvalue weighted by molar-refractivity contribution is -0.870. The van der Waals surface area contributed by atoms with Crippen LogP contribution in [0.25, 0.3) is 0 Å². The van der Waals surface area contributed by atoms with Crippen molar-refractivity contribution in [2.75, 3.05) is 47.5 Å². The smallest absolute Gasteiger partial charge is 0.462 e. The van der Waals surface area contributed by atoms with E-state index in [0.29, 0.717) is 23.9 Å². The first kappa shape index (κ1) is 59.9. The third kappa shape index (κ3) is 43.2. The fourth-order valence-electron chi connectivity index (χ4n) is 6.52. The van der Waals surface area contributed by atoms with Crippen LogP contribution in [-0.2, 0) is 32.7 Å². The van der Waals surface area contributed by atoms with Crippen LogP contribution in [0.5, 0.6) is 0 Å². The van der Waals surface area contributed by atoms with Crippen LogP contribution < -0.4 is 0 Å². The van der Waals surface area contributed by atoms with E-state index in [1.54, 1.807) is 0 Å². The highest BCUT2D eigenvalue weighted by atomic mass is 31.2. The van der Waals surface area contributed by atoms with E-state index < -0.39 is 44.7 Å². The number of nitrogens with zero attached hydrogens (tertiary/aromatic N) is 1. The summed E-state index contributed by atoms with van der Waals surface area (Å²) in [5, 5.41) is 20.8. The van der Waals surface area contributed by atoms with Crippen molar-refractivity contribution in [3.05, 3.63) is 48.6 Å². The zero-order chi connectivity index (χ0) is 46.0. The van der Waals surface area contributed by atoms with Gasteiger partial charge in [-0.25, -0.2) is 4.57 Å². The van der Waals surface area contributed by atoms with Gasteiger partial charge in [-0.05, 0) is 77.0 Å². The van der Waals surface area contributed by atoms with Crippen LogP contribution in [0.3, 0.4) is 0 Å². The summed E-state index contributed by atoms with van der Waals surface area (Å²) < 4.78 is 34.2. The van der Waals surface area contributed by atoms with Gasteiger partial charge in [-0.1, -0.05) is 152 Å². The number of aliphatic hydroxyl groups excluding tert-OH is 2. The van der Waals surface area contributed by atoms with E-state index in [9.17, 15) is 29.3 Å². The van der Waals surface area contributed by atoms with Crippen molar-refractivity contribution >= 4 is 19.8 Å². The Hall–Kier alpha value is -2.11. The standard InChI is InChI=1S/C50H92NO10P/c1-6-8-10-12-14-16-18-20-21-22-23-24-25-26-28-30-32-34-36-40-50(55)61-46(45-60-62(56,57)59-43-42-51(3,4)5)44-58-49(54)41-37-39-48(53)47(52)38-35-33-31-29-27-19-17-15-13-11-9-7-2/h15,17,20-21,27,29,33,35,46-48,52-53H,6-14,16,18-19,22-26,28,30-32,34,36-45H2,1-5H3/p+1/b17-15-,21-20-,29-27-,35-33-/t46-,47?,48?/m1/s1. The quantitative estimate of drug-likeness (QED) is 0.0177. The minimum atomic E-state index is -4.45. The lowest BCUT2D eigenvalue weighted by Crippen LogP contribution is -2.37. The molecule has 62 heavy (non-hydrogen) atoms. The summed E-state index contributed by atoms with van der Waals surface area (Å²) in [7, 11) is 1.32. The SMILES string of the molecule is CCCCC/C=C\C/C=C\C/C=C\CC(O)C(O)CCCC(=O)OC[C@H](COP(=O)(O)OCC[N+](C)(C)C)OC(=O)CCCCCCCCCCC/C=C\CCCCCCCC. The molecule has 0 fully saturated rings. The number of phosphoric ester groups is 1. The molecule has 362 valence electrons. The van der Waals surface area contributed by atoms with Gasteiger partial charge in [0.15, 0.2) is 6.10 Å². The number of phosphoric acid groups is 1. The highest BCUT2D eigenvalue weighted by Crippen LogP contribution is 2.43. The number of esters is 2. The maximum atomic E-state index is 12.8. The maximum Gasteiger partial charge on any atom is 0.472 e. The van der Waals surface area contributed by atoms with Crippen molar-refractivity contribution < 1.29 is 52.3 Å². The second kappa shape index (κ2) is 41.6. The molecule has 0 saturated carbocycles. The average Bonchev–Trinajstić information content (AvgIpc) is 3.22. The number of rotatable bonds is 44. The topological polar surface area (TPSA) is 149 Å². The van der Waals surface area contributed by atoms with Gasteiger partial charge < -0.3 is 29.1 Å². The van der Waals surface area contributed by atoms with Crippen LogP contribution in [0, 0.1) is 0 Å². The monoisotopic (exact) mass is 899 g/mol. The summed E-state index contributed by atoms with van der Waals surface area (Å²) in [6, 6.07) is 0. The minimum Gasteiger partial charge on any atom is -0.462 e. The summed E-state index contributed by atoms with van der Waals surface area (Å²) in [6.07, 6.45) is 41.9. The Balaban J connectivity index is 4.51. The van der Waals surface area contributed by atoms with Gasteiger partial charge in [-0.15, -0.1) is 0 Å². The van der Waals surface area contributed by atoms with Crippen molar-refractivity contribution in [1.29, 1.82) is 0 Å². The zero-order valence-corrected chi connectivity index (χ0v) is 41.0. The van der Waals surface area contributed by atoms with Crippen molar-refractivity contribution in [2.45, 2.75) is 212 Å². The molecule has 3 N–H and O–H groups in total. The van der Waals surface area contributed by atoms with Crippen LogP contribution in [-0.4, -0.2) is 97.3 Å². The molecule has 0 spiro atoms. The number of allylic oxidation sites excluding steroid dienone is 7. The summed E-state index contributed by atoms with van der Waals surface area (Å²) in [4.78, 5) is 35.5. The van der Waals surface area contributed by atoms with Gasteiger partial charge in [0.05, 0.1) is 40.0 Å². The summed E-state index contributed by atoms with van der Waals surface area (Å²) in [5.74, 6) is -1.08. The molecule has 0 radical (unpaired) electrons. The van der Waals surface area contributed by atoms with Gasteiger partial charge in [0, 0.05) is 12.8 Å². The van der Waals surface area contributed by atoms with E-state index in [0.717, 1.165) is 38.5 Å². The normalized spacial score (nSPS) is 14.9. The predicted molar refractivity (Wildman–Crippen MR) is 255 cm³/mol. The van der Waals surface area contributed by atoms with Crippen LogP contribution in [0.2, 0.25) is 0 Å². The third-order valence-corrected chi connectivity index (χ3v) is 11.5. The Morgan fingerprint density at radius 2 is 1.03 bits per heavy atom. The summed E-state index contributed by atoms with van der Waals surface area (Å²) >= 11 is 0. The number of carbonyl (C=O) groups is 2. The van der Waals surface area contributed by atoms with Gasteiger partial charge in [0.25, 0.3) is 0 Å². The molecule has 0 saturated heterocycles. The van der Waals surface area contributed by atoms with Gasteiger partial charge in [-0.2, -0.15) is 0 Å². The summed E-state index contributed by atoms with van der Waals surface area (Å²) in [5.41, 5.74) is 0. The average molecular weight is 899 g/mol. The number of likely N-dealkylation sites (N-methyl/N-ethyl adjacent to an activating group) is 1. The molecule has 0 amide bonds. The lowest BCUT2D eigenvalue weighted by Gasteiger charge is -2.24. The summed E-state index contributed by atoms with van der Waals surface area (Å²) in [6.45, 7) is 4.06. The first-order chi connectivity index (χ1) is 29.8. The second-order valence-electron chi connectivity index (χ2n) is 17.8. The molecule has 0 aromatic heterocycles. The molecule has 4 atom stereocenters. The van der Waals surface area contributed by atoms with Crippen LogP contribution in [0.1, 0.15) is 194 Å². The zero-order valence-electron chi connectivity index (χ0n) is 40.1. The molecular weight excluding hydrogens is 806 g/mol. The van der Waals surface area contributed by atoms with Crippen molar-refractivity contribution in [2.24, 2.45) is 0 Å². The molecule has 0 aromatic carbocycles. The predicted octanol–water partition coefficient (Wildman–Crippen LogP) is 12.2. The van der Waals surface area contributed by atoms with Crippen LogP contribution in [0.15, 0.2) is 48.6 Å². The molecule has 0 aliphatic heterocycles. The van der Waals surface area contributed by atoms with E-state index in [4.69, 9.17) is 18.5 Å². The van der Waals surface area contributed by atoms with Crippen molar-refractivity contribution in [1.82, 2.24) is 0 Å². The third-order valence-electron chi connectivity index (χ3n) is 10.5. The first-order valence-corrected chi connectivity index (χ1v) is 26.0. The largest absolute Gasteiger partial charge is 0.472 e. The Morgan fingerprint density at radius 3 is 1.61 bits per heavy atom.